The standard InChI is InChI=1S/C23H29N3O5/c1-4-14-31-20-11-6-17(15-21(20)29-3)16-24-26-23(28)13-12-22(27)25-18-7-9-19(10-8-18)30-5-2/h6-11,15-16H,4-5,12-14H2,1-3H3,(H,25,27)(H,26,28)/b24-16+. The van der Waals surface area contributed by atoms with E-state index in [4.69, 9.17) is 14.2 Å². The monoisotopic (exact) mass is 427 g/mol. The highest BCUT2D eigenvalue weighted by Gasteiger charge is 2.08. The number of ether oxygens (including phenoxy) is 3. The number of carbonyl (C=O) groups is 2. The first-order valence-electron chi connectivity index (χ1n) is 10.2. The second-order valence-electron chi connectivity index (χ2n) is 6.56. The highest BCUT2D eigenvalue weighted by molar-refractivity contribution is 5.93. The Morgan fingerprint density at radius 3 is 2.39 bits per heavy atom. The fraction of sp³-hybridized carbons (Fsp3) is 0.348. The van der Waals surface area contributed by atoms with Crippen molar-refractivity contribution in [3.05, 3.63) is 48.0 Å². The Bertz CT molecular complexity index is 881. The van der Waals surface area contributed by atoms with Gasteiger partial charge in [-0.3, -0.25) is 9.59 Å². The second-order valence-corrected chi connectivity index (χ2v) is 6.56. The van der Waals surface area contributed by atoms with Crippen LogP contribution in [0.5, 0.6) is 17.2 Å². The Labute approximate surface area is 182 Å². The van der Waals surface area contributed by atoms with E-state index in [1.807, 2.05) is 19.9 Å². The zero-order valence-corrected chi connectivity index (χ0v) is 18.1. The first kappa shape index (κ1) is 23.7. The molecule has 31 heavy (non-hydrogen) atoms. The molecule has 0 saturated heterocycles. The summed E-state index contributed by atoms with van der Waals surface area (Å²) in [5, 5.41) is 6.67. The Balaban J connectivity index is 1.77. The van der Waals surface area contributed by atoms with Gasteiger partial charge < -0.3 is 19.5 Å². The van der Waals surface area contributed by atoms with E-state index >= 15 is 0 Å². The number of nitrogens with zero attached hydrogens (tertiary/aromatic N) is 1. The highest BCUT2D eigenvalue weighted by atomic mass is 16.5. The van der Waals surface area contributed by atoms with Crippen molar-refractivity contribution in [2.24, 2.45) is 5.10 Å². The topological polar surface area (TPSA) is 98.2 Å². The lowest BCUT2D eigenvalue weighted by atomic mass is 10.2. The quantitative estimate of drug-likeness (QED) is 0.397. The zero-order valence-electron chi connectivity index (χ0n) is 18.1. The molecule has 0 aromatic heterocycles. The molecule has 0 unspecified atom stereocenters. The van der Waals surface area contributed by atoms with E-state index in [1.54, 1.807) is 43.5 Å². The lowest BCUT2D eigenvalue weighted by Crippen LogP contribution is -2.20. The summed E-state index contributed by atoms with van der Waals surface area (Å²) in [6.07, 6.45) is 2.47. The van der Waals surface area contributed by atoms with E-state index in [-0.39, 0.29) is 24.7 Å². The minimum absolute atomic E-state index is 0.0212. The largest absolute Gasteiger partial charge is 0.494 e. The van der Waals surface area contributed by atoms with Crippen molar-refractivity contribution in [1.82, 2.24) is 5.43 Å². The maximum atomic E-state index is 12.0. The van der Waals surface area contributed by atoms with E-state index < -0.39 is 0 Å². The molecule has 166 valence electrons. The number of methoxy groups -OCH3 is 1. The van der Waals surface area contributed by atoms with Crippen molar-refractivity contribution < 1.29 is 23.8 Å². The van der Waals surface area contributed by atoms with Crippen molar-refractivity contribution >= 4 is 23.7 Å². The van der Waals surface area contributed by atoms with Gasteiger partial charge in [-0.15, -0.1) is 0 Å². The molecule has 0 atom stereocenters. The Morgan fingerprint density at radius 2 is 1.71 bits per heavy atom. The minimum Gasteiger partial charge on any atom is -0.494 e. The molecule has 2 N–H and O–H groups in total. The molecule has 0 aliphatic carbocycles. The van der Waals surface area contributed by atoms with Crippen LogP contribution >= 0.6 is 0 Å². The molecule has 2 aromatic rings. The van der Waals surface area contributed by atoms with Crippen LogP contribution < -0.4 is 25.0 Å². The average Bonchev–Trinajstić information content (AvgIpc) is 2.78. The van der Waals surface area contributed by atoms with Gasteiger partial charge >= 0.3 is 0 Å². The van der Waals surface area contributed by atoms with Gasteiger partial charge in [-0.1, -0.05) is 6.92 Å². The summed E-state index contributed by atoms with van der Waals surface area (Å²) in [4.78, 5) is 23.9. The SMILES string of the molecule is CCCOc1ccc(/C=N/NC(=O)CCC(=O)Nc2ccc(OCC)cc2)cc1OC. The fourth-order valence-electron chi connectivity index (χ4n) is 2.58. The molecule has 8 heteroatoms. The molecule has 0 saturated carbocycles. The summed E-state index contributed by atoms with van der Waals surface area (Å²) < 4.78 is 16.3. The maximum absolute atomic E-state index is 12.0. The average molecular weight is 428 g/mol. The molecule has 0 fully saturated rings. The van der Waals surface area contributed by atoms with Crippen molar-refractivity contribution in [3.63, 3.8) is 0 Å². The van der Waals surface area contributed by atoms with Gasteiger partial charge in [0.25, 0.3) is 0 Å². The predicted molar refractivity (Wildman–Crippen MR) is 120 cm³/mol. The van der Waals surface area contributed by atoms with Gasteiger partial charge in [-0.05, 0) is 61.4 Å². The molecule has 8 nitrogen and oxygen atoms in total. The van der Waals surface area contributed by atoms with Gasteiger partial charge in [0.1, 0.15) is 5.75 Å². The van der Waals surface area contributed by atoms with Crippen molar-refractivity contribution in [2.75, 3.05) is 25.6 Å². The third-order valence-corrected chi connectivity index (χ3v) is 4.08. The predicted octanol–water partition coefficient (Wildman–Crippen LogP) is 3.75. The van der Waals surface area contributed by atoms with Gasteiger partial charge in [0.2, 0.25) is 11.8 Å². The van der Waals surface area contributed by atoms with E-state index in [9.17, 15) is 9.59 Å². The molecular formula is C23H29N3O5. The van der Waals surface area contributed by atoms with Gasteiger partial charge in [0.05, 0.1) is 26.5 Å². The van der Waals surface area contributed by atoms with Crippen molar-refractivity contribution in [2.45, 2.75) is 33.1 Å². The van der Waals surface area contributed by atoms with E-state index in [0.717, 1.165) is 17.7 Å². The fourth-order valence-corrected chi connectivity index (χ4v) is 2.58. The van der Waals surface area contributed by atoms with Crippen LogP contribution in [0.4, 0.5) is 5.69 Å². The van der Waals surface area contributed by atoms with Crippen LogP contribution in [-0.4, -0.2) is 38.4 Å². The molecule has 0 aliphatic heterocycles. The Morgan fingerprint density at radius 1 is 0.968 bits per heavy atom. The lowest BCUT2D eigenvalue weighted by Gasteiger charge is -2.10. The molecule has 0 radical (unpaired) electrons. The van der Waals surface area contributed by atoms with Crippen molar-refractivity contribution in [1.29, 1.82) is 0 Å². The molecule has 0 spiro atoms. The lowest BCUT2D eigenvalue weighted by molar-refractivity contribution is -0.124. The number of hydrogen-bond donors (Lipinski definition) is 2. The van der Waals surface area contributed by atoms with Crippen LogP contribution in [0.2, 0.25) is 0 Å². The molecule has 2 aromatic carbocycles. The van der Waals surface area contributed by atoms with E-state index in [1.165, 1.54) is 6.21 Å². The van der Waals surface area contributed by atoms with Crippen molar-refractivity contribution in [3.8, 4) is 17.2 Å². The number of carbonyl (C=O) groups excluding carboxylic acids is 2. The van der Waals surface area contributed by atoms with E-state index in [2.05, 4.69) is 15.8 Å². The Hall–Kier alpha value is -3.55. The van der Waals surface area contributed by atoms with Crippen LogP contribution in [-0.2, 0) is 9.59 Å². The first-order chi connectivity index (χ1) is 15.0. The maximum Gasteiger partial charge on any atom is 0.240 e. The number of benzene rings is 2. The Kier molecular flexibility index (Phi) is 9.87. The summed E-state index contributed by atoms with van der Waals surface area (Å²) >= 11 is 0. The van der Waals surface area contributed by atoms with E-state index in [0.29, 0.717) is 30.4 Å². The van der Waals surface area contributed by atoms with Gasteiger partial charge in [0.15, 0.2) is 11.5 Å². The second kappa shape index (κ2) is 12.9. The number of nitrogens with one attached hydrogen (secondary N) is 2. The normalized spacial score (nSPS) is 10.5. The van der Waals surface area contributed by atoms with Crippen LogP contribution in [0.1, 0.15) is 38.7 Å². The number of amides is 2. The number of rotatable bonds is 12. The first-order valence-corrected chi connectivity index (χ1v) is 10.2. The van der Waals surface area contributed by atoms with Gasteiger partial charge in [-0.2, -0.15) is 5.10 Å². The summed E-state index contributed by atoms with van der Waals surface area (Å²) in [6.45, 7) is 5.11. The minimum atomic E-state index is -0.354. The molecule has 0 bridgehead atoms. The smallest absolute Gasteiger partial charge is 0.240 e. The van der Waals surface area contributed by atoms with Crippen LogP contribution in [0.15, 0.2) is 47.6 Å². The zero-order chi connectivity index (χ0) is 22.5. The van der Waals surface area contributed by atoms with Crippen LogP contribution in [0.25, 0.3) is 0 Å². The summed E-state index contributed by atoms with van der Waals surface area (Å²) in [6, 6.07) is 12.4. The van der Waals surface area contributed by atoms with Gasteiger partial charge in [0, 0.05) is 18.5 Å². The third-order valence-electron chi connectivity index (χ3n) is 4.08. The van der Waals surface area contributed by atoms with Crippen LogP contribution in [0.3, 0.4) is 0 Å². The molecule has 2 amide bonds. The number of anilines is 1. The summed E-state index contributed by atoms with van der Waals surface area (Å²) in [7, 11) is 1.56. The highest BCUT2D eigenvalue weighted by Crippen LogP contribution is 2.27. The summed E-state index contributed by atoms with van der Waals surface area (Å²) in [5.41, 5.74) is 3.81. The molecule has 0 heterocycles. The third kappa shape index (κ3) is 8.38. The molecule has 2 rings (SSSR count). The van der Waals surface area contributed by atoms with Crippen LogP contribution in [0, 0.1) is 0 Å². The van der Waals surface area contributed by atoms with Gasteiger partial charge in [-0.25, -0.2) is 5.43 Å². The molecule has 0 aliphatic rings. The summed E-state index contributed by atoms with van der Waals surface area (Å²) in [5.74, 6) is 1.38. The number of hydrazone groups is 1. The number of hydrogen-bond acceptors (Lipinski definition) is 6. The molecular weight excluding hydrogens is 398 g/mol.